The number of pyridine rings is 1. The second kappa shape index (κ2) is 6.98. The van der Waals surface area contributed by atoms with E-state index in [1.165, 1.54) is 42.6 Å². The Bertz CT molecular complexity index is 988. The normalized spacial score (nSPS) is 22.5. The number of fused-ring (bicyclic) bond motifs is 2. The van der Waals surface area contributed by atoms with Gasteiger partial charge in [0.1, 0.15) is 11.3 Å². The van der Waals surface area contributed by atoms with Crippen LogP contribution in [0.25, 0.3) is 0 Å². The van der Waals surface area contributed by atoms with Crippen molar-refractivity contribution in [2.24, 2.45) is 5.92 Å². The van der Waals surface area contributed by atoms with Gasteiger partial charge in [-0.3, -0.25) is 10.1 Å². The fourth-order valence-corrected chi connectivity index (χ4v) is 4.93. The van der Waals surface area contributed by atoms with E-state index in [2.05, 4.69) is 50.1 Å². The molecule has 142 valence electrons. The van der Waals surface area contributed by atoms with Gasteiger partial charge < -0.3 is 5.32 Å². The highest BCUT2D eigenvalue weighted by Gasteiger charge is 2.55. The van der Waals surface area contributed by atoms with E-state index in [9.17, 15) is 4.79 Å². The summed E-state index contributed by atoms with van der Waals surface area (Å²) in [6, 6.07) is 12.6. The molecule has 1 spiro atoms. The first-order chi connectivity index (χ1) is 13.7. The van der Waals surface area contributed by atoms with Crippen molar-refractivity contribution >= 4 is 28.2 Å². The quantitative estimate of drug-likeness (QED) is 0.690. The van der Waals surface area contributed by atoms with Crippen LogP contribution in [0.1, 0.15) is 40.7 Å². The molecule has 2 atom stereocenters. The fourth-order valence-electron chi connectivity index (χ4n) is 4.49. The lowest BCUT2D eigenvalue weighted by Crippen LogP contribution is -2.21. The Morgan fingerprint density at radius 3 is 3.00 bits per heavy atom. The van der Waals surface area contributed by atoms with Gasteiger partial charge in [0.25, 0.3) is 5.91 Å². The smallest absolute Gasteiger partial charge is 0.259 e. The molecule has 1 saturated carbocycles. The first-order valence-electron chi connectivity index (χ1n) is 9.60. The molecule has 0 aliphatic heterocycles. The minimum Gasteiger partial charge on any atom is -0.370 e. The summed E-state index contributed by atoms with van der Waals surface area (Å²) in [5, 5.41) is 14.2. The molecule has 1 amide bonds. The van der Waals surface area contributed by atoms with Crippen LogP contribution < -0.4 is 10.6 Å². The Balaban J connectivity index is 1.20. The van der Waals surface area contributed by atoms with Crippen LogP contribution in [-0.2, 0) is 11.8 Å². The average molecular weight is 392 g/mol. The van der Waals surface area contributed by atoms with Crippen molar-refractivity contribution in [3.63, 3.8) is 0 Å². The number of nitrogens with zero attached hydrogens (tertiary/aromatic N) is 3. The van der Waals surface area contributed by atoms with Crippen molar-refractivity contribution in [2.45, 2.75) is 31.1 Å². The summed E-state index contributed by atoms with van der Waals surface area (Å²) < 4.78 is 0. The fraction of sp³-hybridized carbons (Fsp3) is 0.333. The van der Waals surface area contributed by atoms with Gasteiger partial charge in [-0.2, -0.15) is 0 Å². The number of anilines is 2. The van der Waals surface area contributed by atoms with Gasteiger partial charge in [-0.05, 0) is 54.9 Å². The molecule has 5 rings (SSSR count). The van der Waals surface area contributed by atoms with E-state index < -0.39 is 0 Å². The zero-order valence-corrected chi connectivity index (χ0v) is 16.2. The van der Waals surface area contributed by atoms with Crippen molar-refractivity contribution in [3.8, 4) is 0 Å². The van der Waals surface area contributed by atoms with E-state index >= 15 is 0 Å². The highest BCUT2D eigenvalue weighted by molar-refractivity contribution is 7.13. The van der Waals surface area contributed by atoms with Gasteiger partial charge >= 0.3 is 0 Å². The minimum atomic E-state index is -0.226. The highest BCUT2D eigenvalue weighted by atomic mass is 32.1. The van der Waals surface area contributed by atoms with Gasteiger partial charge in [0.2, 0.25) is 5.13 Å². The molecule has 6 nitrogen and oxygen atoms in total. The second-order valence-electron chi connectivity index (χ2n) is 7.58. The third-order valence-corrected chi connectivity index (χ3v) is 6.60. The van der Waals surface area contributed by atoms with Crippen molar-refractivity contribution < 1.29 is 4.79 Å². The summed E-state index contributed by atoms with van der Waals surface area (Å²) in [6.45, 7) is 0.914. The summed E-state index contributed by atoms with van der Waals surface area (Å²) >= 11 is 1.29. The van der Waals surface area contributed by atoms with E-state index in [0.717, 1.165) is 12.4 Å². The SMILES string of the molecule is O=C(Nc1nncs1)c1ccc(NCC2CC23CCCc2ccccc23)nc1. The van der Waals surface area contributed by atoms with Gasteiger partial charge in [0, 0.05) is 18.2 Å². The molecule has 0 saturated heterocycles. The van der Waals surface area contributed by atoms with Gasteiger partial charge in [-0.15, -0.1) is 10.2 Å². The maximum Gasteiger partial charge on any atom is 0.259 e. The van der Waals surface area contributed by atoms with E-state index in [0.29, 0.717) is 22.0 Å². The molecule has 1 aromatic carbocycles. The molecule has 1 fully saturated rings. The molecule has 2 aromatic heterocycles. The number of carbonyl (C=O) groups excluding carboxylic acids is 1. The van der Waals surface area contributed by atoms with Crippen LogP contribution in [0.4, 0.5) is 10.9 Å². The largest absolute Gasteiger partial charge is 0.370 e. The monoisotopic (exact) mass is 391 g/mol. The Morgan fingerprint density at radius 2 is 2.18 bits per heavy atom. The van der Waals surface area contributed by atoms with Crippen LogP contribution in [0, 0.1) is 5.92 Å². The summed E-state index contributed by atoms with van der Waals surface area (Å²) in [5.41, 5.74) is 5.54. The average Bonchev–Trinajstić information content (AvgIpc) is 3.16. The molecule has 3 aromatic rings. The van der Waals surface area contributed by atoms with Crippen LogP contribution in [0.15, 0.2) is 48.1 Å². The molecule has 0 bridgehead atoms. The molecule has 2 unspecified atom stereocenters. The Labute approximate surface area is 167 Å². The van der Waals surface area contributed by atoms with Crippen LogP contribution in [0.3, 0.4) is 0 Å². The number of aryl methyl sites for hydroxylation is 1. The van der Waals surface area contributed by atoms with Crippen LogP contribution in [0.2, 0.25) is 0 Å². The van der Waals surface area contributed by atoms with Gasteiger partial charge in [-0.25, -0.2) is 4.98 Å². The predicted molar refractivity (Wildman–Crippen MR) is 110 cm³/mol. The maximum absolute atomic E-state index is 12.2. The first kappa shape index (κ1) is 17.3. The van der Waals surface area contributed by atoms with E-state index in [-0.39, 0.29) is 5.91 Å². The number of benzene rings is 1. The van der Waals surface area contributed by atoms with Crippen LogP contribution in [0.5, 0.6) is 0 Å². The standard InChI is InChI=1S/C21H21N5OS/c27-19(25-20-26-24-13-28-20)15-7-8-18(22-11-15)23-12-16-10-21(16)9-3-5-14-4-1-2-6-17(14)21/h1-2,4,6-8,11,13,16H,3,5,9-10,12H2,(H,22,23)(H,25,26,27). The molecule has 2 heterocycles. The second-order valence-corrected chi connectivity index (χ2v) is 8.41. The number of amides is 1. The molecule has 7 heteroatoms. The predicted octanol–water partition coefficient (Wildman–Crippen LogP) is 3.89. The number of carbonyl (C=O) groups is 1. The number of hydrogen-bond acceptors (Lipinski definition) is 6. The molecule has 28 heavy (non-hydrogen) atoms. The lowest BCUT2D eigenvalue weighted by atomic mass is 9.78. The lowest BCUT2D eigenvalue weighted by Gasteiger charge is -2.26. The van der Waals surface area contributed by atoms with Crippen molar-refractivity contribution in [3.05, 3.63) is 64.8 Å². The van der Waals surface area contributed by atoms with Crippen LogP contribution in [-0.4, -0.2) is 27.6 Å². The number of hydrogen-bond donors (Lipinski definition) is 2. The zero-order valence-electron chi connectivity index (χ0n) is 15.4. The summed E-state index contributed by atoms with van der Waals surface area (Å²) in [6.07, 6.45) is 6.62. The van der Waals surface area contributed by atoms with Crippen molar-refractivity contribution in [1.29, 1.82) is 0 Å². The van der Waals surface area contributed by atoms with Crippen LogP contribution >= 0.6 is 11.3 Å². The van der Waals surface area contributed by atoms with Crippen molar-refractivity contribution in [1.82, 2.24) is 15.2 Å². The molecular formula is C21H21N5OS. The molecule has 0 radical (unpaired) electrons. The molecular weight excluding hydrogens is 370 g/mol. The zero-order chi connectivity index (χ0) is 19.0. The lowest BCUT2D eigenvalue weighted by molar-refractivity contribution is 0.102. The summed E-state index contributed by atoms with van der Waals surface area (Å²) in [4.78, 5) is 16.6. The summed E-state index contributed by atoms with van der Waals surface area (Å²) in [7, 11) is 0. The third-order valence-electron chi connectivity index (χ3n) is 5.99. The van der Waals surface area contributed by atoms with E-state index in [4.69, 9.17) is 0 Å². The Hall–Kier alpha value is -2.80. The minimum absolute atomic E-state index is 0.226. The van der Waals surface area contributed by atoms with E-state index in [1.54, 1.807) is 23.3 Å². The number of rotatable bonds is 5. The van der Waals surface area contributed by atoms with Gasteiger partial charge in [0.15, 0.2) is 0 Å². The molecule has 2 N–H and O–H groups in total. The highest BCUT2D eigenvalue weighted by Crippen LogP contribution is 2.60. The van der Waals surface area contributed by atoms with E-state index in [1.807, 2.05) is 6.07 Å². The third kappa shape index (κ3) is 3.16. The number of nitrogens with one attached hydrogen (secondary N) is 2. The Kier molecular flexibility index (Phi) is 4.31. The summed E-state index contributed by atoms with van der Waals surface area (Å²) in [5.74, 6) is 1.23. The Morgan fingerprint density at radius 1 is 1.25 bits per heavy atom. The maximum atomic E-state index is 12.2. The van der Waals surface area contributed by atoms with Gasteiger partial charge in [-0.1, -0.05) is 35.6 Å². The number of aromatic nitrogens is 3. The topological polar surface area (TPSA) is 79.8 Å². The first-order valence-corrected chi connectivity index (χ1v) is 10.5. The molecule has 2 aliphatic rings. The van der Waals surface area contributed by atoms with Gasteiger partial charge in [0.05, 0.1) is 5.56 Å². The molecule has 2 aliphatic carbocycles. The van der Waals surface area contributed by atoms with Crippen molar-refractivity contribution in [2.75, 3.05) is 17.2 Å².